The molecule has 0 bridgehead atoms. The summed E-state index contributed by atoms with van der Waals surface area (Å²) in [6.45, 7) is 2.73. The van der Waals surface area contributed by atoms with Crippen LogP contribution in [-0.4, -0.2) is 25.5 Å². The fourth-order valence-electron chi connectivity index (χ4n) is 2.70. The summed E-state index contributed by atoms with van der Waals surface area (Å²) in [6.07, 6.45) is 0. The fraction of sp³-hybridized carbons (Fsp3) is 0.176. The number of hydrogen-bond donors (Lipinski definition) is 1. The lowest BCUT2D eigenvalue weighted by Crippen LogP contribution is -2.23. The standard InChI is InChI=1S/C17H16N6OS/c1-3-23-13-9-8-11(10-12(13)18-21-23)16(24)19-20-17-22(2)14-6-4-5-7-15(14)25-17/h4-10H,3H2,1-2H3,(H,19,24)/b20-17-. The van der Waals surface area contributed by atoms with Gasteiger partial charge in [0.2, 0.25) is 4.80 Å². The molecular formula is C17H16N6OS. The number of nitrogens with zero attached hydrogens (tertiary/aromatic N) is 5. The minimum absolute atomic E-state index is 0.273. The predicted octanol–water partition coefficient (Wildman–Crippen LogP) is 2.25. The molecule has 0 aliphatic rings. The molecule has 0 radical (unpaired) electrons. The van der Waals surface area contributed by atoms with Gasteiger partial charge in [-0.15, -0.1) is 10.2 Å². The topological polar surface area (TPSA) is 77.1 Å². The molecule has 1 amide bonds. The van der Waals surface area contributed by atoms with E-state index in [0.717, 1.165) is 27.1 Å². The van der Waals surface area contributed by atoms with Crippen molar-refractivity contribution >= 4 is 38.5 Å². The van der Waals surface area contributed by atoms with Crippen molar-refractivity contribution in [1.82, 2.24) is 25.0 Å². The number of nitrogens with one attached hydrogen (secondary N) is 1. The van der Waals surface area contributed by atoms with Crippen LogP contribution in [0, 0.1) is 0 Å². The molecular weight excluding hydrogens is 336 g/mol. The molecule has 2 heterocycles. The first kappa shape index (κ1) is 15.5. The van der Waals surface area contributed by atoms with Gasteiger partial charge in [-0.25, -0.2) is 10.1 Å². The highest BCUT2D eigenvalue weighted by Gasteiger charge is 2.09. The third-order valence-corrected chi connectivity index (χ3v) is 5.16. The molecule has 2 aromatic heterocycles. The molecule has 0 unspecified atom stereocenters. The van der Waals surface area contributed by atoms with Crippen LogP contribution in [0.2, 0.25) is 0 Å². The first-order valence-corrected chi connectivity index (χ1v) is 8.71. The van der Waals surface area contributed by atoms with E-state index in [1.165, 1.54) is 11.3 Å². The van der Waals surface area contributed by atoms with Crippen LogP contribution in [0.3, 0.4) is 0 Å². The Bertz CT molecular complexity index is 1150. The van der Waals surface area contributed by atoms with Crippen LogP contribution >= 0.6 is 11.3 Å². The van der Waals surface area contributed by atoms with Crippen LogP contribution in [0.15, 0.2) is 47.6 Å². The van der Waals surface area contributed by atoms with E-state index in [9.17, 15) is 4.79 Å². The molecule has 4 rings (SSSR count). The van der Waals surface area contributed by atoms with Gasteiger partial charge >= 0.3 is 0 Å². The lowest BCUT2D eigenvalue weighted by atomic mass is 10.2. The van der Waals surface area contributed by atoms with Crippen molar-refractivity contribution < 1.29 is 4.79 Å². The second-order valence-electron chi connectivity index (χ2n) is 5.57. The van der Waals surface area contributed by atoms with Crippen LogP contribution in [0.1, 0.15) is 17.3 Å². The zero-order valence-corrected chi connectivity index (χ0v) is 14.6. The molecule has 0 saturated carbocycles. The molecule has 1 N–H and O–H groups in total. The number of para-hydroxylation sites is 1. The predicted molar refractivity (Wildman–Crippen MR) is 97.0 cm³/mol. The van der Waals surface area contributed by atoms with Gasteiger partial charge in [-0.3, -0.25) is 4.79 Å². The van der Waals surface area contributed by atoms with E-state index in [4.69, 9.17) is 0 Å². The molecule has 0 fully saturated rings. The molecule has 0 aliphatic carbocycles. The zero-order valence-electron chi connectivity index (χ0n) is 13.8. The number of aryl methyl sites for hydroxylation is 2. The van der Waals surface area contributed by atoms with Crippen LogP contribution in [-0.2, 0) is 13.6 Å². The van der Waals surface area contributed by atoms with E-state index in [-0.39, 0.29) is 5.91 Å². The van der Waals surface area contributed by atoms with Gasteiger partial charge in [-0.2, -0.15) is 0 Å². The first-order chi connectivity index (χ1) is 12.2. The summed E-state index contributed by atoms with van der Waals surface area (Å²) in [4.78, 5) is 13.1. The summed E-state index contributed by atoms with van der Waals surface area (Å²) >= 11 is 1.53. The van der Waals surface area contributed by atoms with E-state index >= 15 is 0 Å². The maximum atomic E-state index is 12.4. The smallest absolute Gasteiger partial charge is 0.271 e. The van der Waals surface area contributed by atoms with E-state index < -0.39 is 0 Å². The Hall–Kier alpha value is -3.00. The second kappa shape index (κ2) is 6.14. The molecule has 0 atom stereocenters. The second-order valence-corrected chi connectivity index (χ2v) is 6.58. The molecule has 2 aromatic carbocycles. The van der Waals surface area contributed by atoms with Gasteiger partial charge in [0.05, 0.1) is 15.7 Å². The molecule has 8 heteroatoms. The number of carbonyl (C=O) groups is 1. The van der Waals surface area contributed by atoms with Crippen molar-refractivity contribution in [3.63, 3.8) is 0 Å². The number of hydrogen-bond acceptors (Lipinski definition) is 5. The van der Waals surface area contributed by atoms with Gasteiger partial charge in [-0.05, 0) is 37.3 Å². The summed E-state index contributed by atoms with van der Waals surface area (Å²) in [5, 5.41) is 12.4. The largest absolute Gasteiger partial charge is 0.318 e. The van der Waals surface area contributed by atoms with Crippen molar-refractivity contribution in [3.8, 4) is 0 Å². The van der Waals surface area contributed by atoms with Crippen LogP contribution in [0.25, 0.3) is 21.3 Å². The molecule has 0 aliphatic heterocycles. The van der Waals surface area contributed by atoms with Gasteiger partial charge in [0, 0.05) is 19.2 Å². The molecule has 0 saturated heterocycles. The third kappa shape index (κ3) is 2.70. The van der Waals surface area contributed by atoms with Crippen molar-refractivity contribution in [2.45, 2.75) is 13.5 Å². The number of benzene rings is 2. The number of rotatable bonds is 3. The average Bonchev–Trinajstić information content (AvgIpc) is 3.20. The van der Waals surface area contributed by atoms with E-state index in [2.05, 4.69) is 20.8 Å². The first-order valence-electron chi connectivity index (χ1n) is 7.89. The highest BCUT2D eigenvalue weighted by molar-refractivity contribution is 7.16. The highest BCUT2D eigenvalue weighted by Crippen LogP contribution is 2.15. The van der Waals surface area contributed by atoms with Gasteiger partial charge < -0.3 is 4.57 Å². The normalized spacial score (nSPS) is 12.2. The summed E-state index contributed by atoms with van der Waals surface area (Å²) in [5.74, 6) is -0.273. The molecule has 0 spiro atoms. The summed E-state index contributed by atoms with van der Waals surface area (Å²) in [7, 11) is 1.93. The number of aromatic nitrogens is 4. The monoisotopic (exact) mass is 352 g/mol. The van der Waals surface area contributed by atoms with Crippen molar-refractivity contribution in [3.05, 3.63) is 52.8 Å². The molecule has 25 heavy (non-hydrogen) atoms. The minimum Gasteiger partial charge on any atom is -0.318 e. The zero-order chi connectivity index (χ0) is 17.4. The highest BCUT2D eigenvalue weighted by atomic mass is 32.1. The van der Waals surface area contributed by atoms with E-state index in [1.807, 2.05) is 48.9 Å². The van der Waals surface area contributed by atoms with Gasteiger partial charge in [0.15, 0.2) is 0 Å². The van der Waals surface area contributed by atoms with Crippen LogP contribution in [0.5, 0.6) is 0 Å². The maximum Gasteiger partial charge on any atom is 0.271 e. The van der Waals surface area contributed by atoms with Gasteiger partial charge in [-0.1, -0.05) is 28.7 Å². The lowest BCUT2D eigenvalue weighted by molar-refractivity contribution is 0.0953. The number of carbonyl (C=O) groups excluding carboxylic acids is 1. The number of amides is 1. The fourth-order valence-corrected chi connectivity index (χ4v) is 3.68. The van der Waals surface area contributed by atoms with Crippen molar-refractivity contribution in [1.29, 1.82) is 0 Å². The summed E-state index contributed by atoms with van der Waals surface area (Å²) < 4.78 is 4.87. The third-order valence-electron chi connectivity index (χ3n) is 4.04. The van der Waals surface area contributed by atoms with Gasteiger partial charge in [0.1, 0.15) is 5.52 Å². The van der Waals surface area contributed by atoms with Gasteiger partial charge in [0.25, 0.3) is 5.91 Å². The lowest BCUT2D eigenvalue weighted by Gasteiger charge is -2.01. The molecule has 126 valence electrons. The van der Waals surface area contributed by atoms with Crippen molar-refractivity contribution in [2.24, 2.45) is 12.1 Å². The molecule has 7 nitrogen and oxygen atoms in total. The average molecular weight is 352 g/mol. The maximum absolute atomic E-state index is 12.4. The molecule has 4 aromatic rings. The Balaban J connectivity index is 1.64. The van der Waals surface area contributed by atoms with Crippen molar-refractivity contribution in [2.75, 3.05) is 0 Å². The Morgan fingerprint density at radius 1 is 1.24 bits per heavy atom. The Labute approximate surface area is 147 Å². The Kier molecular flexibility index (Phi) is 3.81. The Morgan fingerprint density at radius 2 is 2.08 bits per heavy atom. The summed E-state index contributed by atoms with van der Waals surface area (Å²) in [6, 6.07) is 13.4. The minimum atomic E-state index is -0.273. The van der Waals surface area contributed by atoms with E-state index in [1.54, 1.807) is 16.8 Å². The number of thiazole rings is 1. The van der Waals surface area contributed by atoms with Crippen LogP contribution < -0.4 is 10.2 Å². The quantitative estimate of drug-likeness (QED) is 0.575. The SMILES string of the molecule is CCn1nnc2cc(C(=O)N/N=c3\sc4ccccc4n3C)ccc21. The number of fused-ring (bicyclic) bond motifs is 2. The summed E-state index contributed by atoms with van der Waals surface area (Å²) in [5.41, 5.74) is 5.81. The van der Waals surface area contributed by atoms with Crippen LogP contribution in [0.4, 0.5) is 0 Å². The van der Waals surface area contributed by atoms with E-state index in [0.29, 0.717) is 11.1 Å². The Morgan fingerprint density at radius 3 is 2.88 bits per heavy atom.